The van der Waals surface area contributed by atoms with Gasteiger partial charge in [-0.15, -0.1) is 0 Å². The van der Waals surface area contributed by atoms with Crippen LogP contribution >= 0.6 is 11.6 Å². The van der Waals surface area contributed by atoms with Crippen LogP contribution in [0.1, 0.15) is 6.92 Å². The molecule has 0 bridgehead atoms. The summed E-state index contributed by atoms with van der Waals surface area (Å²) in [5.41, 5.74) is 0. The Kier molecular flexibility index (Phi) is 5.75. The molecule has 0 aliphatic carbocycles. The second-order valence-corrected chi connectivity index (χ2v) is 7.95. The molecule has 2 N–H and O–H groups in total. The van der Waals surface area contributed by atoms with Crippen molar-refractivity contribution >= 4 is 31.6 Å². The first-order valence-electron chi connectivity index (χ1n) is 5.49. The minimum Gasteiger partial charge on any atom is -0.214 e. The minimum absolute atomic E-state index is 0.00400. The first-order valence-corrected chi connectivity index (χ1v) is 9.01. The largest absolute Gasteiger partial charge is 0.240 e. The lowest BCUT2D eigenvalue weighted by Gasteiger charge is -2.08. The van der Waals surface area contributed by atoms with Gasteiger partial charge >= 0.3 is 0 Å². The topological polar surface area (TPSA) is 92.3 Å². The van der Waals surface area contributed by atoms with Crippen molar-refractivity contribution in [2.75, 3.05) is 18.8 Å². The van der Waals surface area contributed by atoms with Crippen LogP contribution in [-0.2, 0) is 20.0 Å². The maximum Gasteiger partial charge on any atom is 0.240 e. The zero-order valence-electron chi connectivity index (χ0n) is 10.3. The highest BCUT2D eigenvalue weighted by molar-refractivity contribution is 7.89. The quantitative estimate of drug-likeness (QED) is 0.716. The van der Waals surface area contributed by atoms with E-state index in [1.807, 2.05) is 0 Å². The number of benzene rings is 1. The molecule has 0 aliphatic rings. The molecule has 0 spiro atoms. The summed E-state index contributed by atoms with van der Waals surface area (Å²) in [6.45, 7) is 1.46. The van der Waals surface area contributed by atoms with E-state index in [4.69, 9.17) is 11.6 Å². The van der Waals surface area contributed by atoms with Gasteiger partial charge in [-0.3, -0.25) is 0 Å². The second kappa shape index (κ2) is 6.67. The molecule has 19 heavy (non-hydrogen) atoms. The molecule has 1 rings (SSSR count). The van der Waals surface area contributed by atoms with E-state index in [1.54, 1.807) is 6.07 Å². The van der Waals surface area contributed by atoms with Gasteiger partial charge in [-0.05, 0) is 25.1 Å². The van der Waals surface area contributed by atoms with Crippen LogP contribution < -0.4 is 9.44 Å². The Balaban J connectivity index is 2.58. The summed E-state index contributed by atoms with van der Waals surface area (Å²) in [6, 6.07) is 5.82. The lowest BCUT2D eigenvalue weighted by Crippen LogP contribution is -2.35. The van der Waals surface area contributed by atoms with E-state index in [-0.39, 0.29) is 23.7 Å². The Bertz CT molecular complexity index is 629. The maximum absolute atomic E-state index is 11.8. The number of halogens is 1. The van der Waals surface area contributed by atoms with Crippen molar-refractivity contribution in [2.24, 2.45) is 0 Å². The molecule has 1 aromatic carbocycles. The fraction of sp³-hybridized carbons (Fsp3) is 0.400. The second-order valence-electron chi connectivity index (χ2n) is 3.65. The third kappa shape index (κ3) is 5.45. The standard InChI is InChI=1S/C10H15ClN2O4S2/c1-2-18(14,15)12-6-7-13-19(16,17)10-5-3-4-9(11)8-10/h3-5,8,12-13H,2,6-7H2,1H3. The molecule has 0 fully saturated rings. The van der Waals surface area contributed by atoms with E-state index in [1.165, 1.54) is 25.1 Å². The molecular weight excluding hydrogens is 312 g/mol. The molecule has 0 atom stereocenters. The molecule has 0 aliphatic heterocycles. The van der Waals surface area contributed by atoms with Crippen LogP contribution in [0, 0.1) is 0 Å². The van der Waals surface area contributed by atoms with Crippen molar-refractivity contribution < 1.29 is 16.8 Å². The monoisotopic (exact) mass is 326 g/mol. The molecule has 0 unspecified atom stereocenters. The highest BCUT2D eigenvalue weighted by Crippen LogP contribution is 2.14. The van der Waals surface area contributed by atoms with Crippen molar-refractivity contribution in [3.63, 3.8) is 0 Å². The van der Waals surface area contributed by atoms with Crippen molar-refractivity contribution in [3.05, 3.63) is 29.3 Å². The van der Waals surface area contributed by atoms with Gasteiger partial charge in [-0.25, -0.2) is 26.3 Å². The molecule has 0 heterocycles. The highest BCUT2D eigenvalue weighted by Gasteiger charge is 2.14. The minimum atomic E-state index is -3.68. The van der Waals surface area contributed by atoms with Crippen LogP contribution in [0.25, 0.3) is 0 Å². The zero-order chi connectivity index (χ0) is 14.5. The molecule has 1 aromatic rings. The first-order chi connectivity index (χ1) is 8.77. The van der Waals surface area contributed by atoms with E-state index >= 15 is 0 Å². The summed E-state index contributed by atoms with van der Waals surface area (Å²) in [5, 5.41) is 0.314. The van der Waals surface area contributed by atoms with Crippen molar-refractivity contribution in [1.29, 1.82) is 0 Å². The van der Waals surface area contributed by atoms with Crippen LogP contribution in [-0.4, -0.2) is 35.7 Å². The lowest BCUT2D eigenvalue weighted by atomic mass is 10.4. The van der Waals surface area contributed by atoms with Crippen LogP contribution in [0.5, 0.6) is 0 Å². The average Bonchev–Trinajstić information content (AvgIpc) is 2.35. The Labute approximate surface area is 118 Å². The van der Waals surface area contributed by atoms with Gasteiger partial charge in [0, 0.05) is 18.1 Å². The predicted molar refractivity (Wildman–Crippen MR) is 74.1 cm³/mol. The molecule has 0 amide bonds. The molecule has 0 saturated heterocycles. The van der Waals surface area contributed by atoms with Gasteiger partial charge in [-0.2, -0.15) is 0 Å². The Morgan fingerprint density at radius 3 is 2.32 bits per heavy atom. The Morgan fingerprint density at radius 2 is 1.74 bits per heavy atom. The van der Waals surface area contributed by atoms with Crippen LogP contribution in [0.2, 0.25) is 5.02 Å². The van der Waals surface area contributed by atoms with E-state index in [0.29, 0.717) is 5.02 Å². The number of nitrogens with one attached hydrogen (secondary N) is 2. The third-order valence-corrected chi connectivity index (χ3v) is 5.32. The predicted octanol–water partition coefficient (Wildman–Crippen LogP) is 0.558. The fourth-order valence-corrected chi connectivity index (χ4v) is 3.16. The summed E-state index contributed by atoms with van der Waals surface area (Å²) in [5.74, 6) is -0.0476. The summed E-state index contributed by atoms with van der Waals surface area (Å²) in [6.07, 6.45) is 0. The van der Waals surface area contributed by atoms with Crippen molar-refractivity contribution in [3.8, 4) is 0 Å². The lowest BCUT2D eigenvalue weighted by molar-refractivity contribution is 0.571. The fourth-order valence-electron chi connectivity index (χ4n) is 1.21. The van der Waals surface area contributed by atoms with Gasteiger partial charge < -0.3 is 0 Å². The van der Waals surface area contributed by atoms with Gasteiger partial charge in [0.05, 0.1) is 10.6 Å². The van der Waals surface area contributed by atoms with Crippen molar-refractivity contribution in [1.82, 2.24) is 9.44 Å². The Morgan fingerprint density at radius 1 is 1.11 bits per heavy atom. The van der Waals surface area contributed by atoms with Gasteiger partial charge in [0.25, 0.3) is 0 Å². The summed E-state index contributed by atoms with van der Waals surface area (Å²) in [4.78, 5) is 0.0401. The molecular formula is C10H15ClN2O4S2. The van der Waals surface area contributed by atoms with Gasteiger partial charge in [0.15, 0.2) is 0 Å². The number of hydrogen-bond donors (Lipinski definition) is 2. The maximum atomic E-state index is 11.8. The van der Waals surface area contributed by atoms with Crippen LogP contribution in [0.4, 0.5) is 0 Å². The van der Waals surface area contributed by atoms with E-state index in [0.717, 1.165) is 0 Å². The van der Waals surface area contributed by atoms with E-state index in [9.17, 15) is 16.8 Å². The molecule has 0 saturated carbocycles. The number of sulfonamides is 2. The summed E-state index contributed by atoms with van der Waals surface area (Å²) >= 11 is 5.71. The van der Waals surface area contributed by atoms with Crippen molar-refractivity contribution in [2.45, 2.75) is 11.8 Å². The van der Waals surface area contributed by atoms with Crippen LogP contribution in [0.3, 0.4) is 0 Å². The van der Waals surface area contributed by atoms with Gasteiger partial charge in [0.1, 0.15) is 0 Å². The normalized spacial score (nSPS) is 12.5. The molecule has 6 nitrogen and oxygen atoms in total. The SMILES string of the molecule is CCS(=O)(=O)NCCNS(=O)(=O)c1cccc(Cl)c1. The van der Waals surface area contributed by atoms with Gasteiger partial charge in [-0.1, -0.05) is 17.7 Å². The third-order valence-electron chi connectivity index (χ3n) is 2.23. The van der Waals surface area contributed by atoms with E-state index < -0.39 is 20.0 Å². The first kappa shape index (κ1) is 16.4. The smallest absolute Gasteiger partial charge is 0.214 e. The van der Waals surface area contributed by atoms with Gasteiger partial charge in [0.2, 0.25) is 20.0 Å². The summed E-state index contributed by atoms with van der Waals surface area (Å²) in [7, 11) is -6.99. The molecule has 0 radical (unpaired) electrons. The number of hydrogen-bond acceptors (Lipinski definition) is 4. The molecule has 0 aromatic heterocycles. The molecule has 108 valence electrons. The van der Waals surface area contributed by atoms with Crippen LogP contribution in [0.15, 0.2) is 29.2 Å². The Hall–Kier alpha value is -0.670. The average molecular weight is 327 g/mol. The van der Waals surface area contributed by atoms with E-state index in [2.05, 4.69) is 9.44 Å². The summed E-state index contributed by atoms with van der Waals surface area (Å²) < 4.78 is 50.5. The molecule has 9 heteroatoms. The highest BCUT2D eigenvalue weighted by atomic mass is 35.5. The zero-order valence-corrected chi connectivity index (χ0v) is 12.6. The number of rotatable bonds is 7.